The van der Waals surface area contributed by atoms with E-state index in [1.165, 1.54) is 32.1 Å². The molecule has 1 aliphatic heterocycles. The number of fused-ring (bicyclic) bond motifs is 2. The third-order valence-electron chi connectivity index (χ3n) is 9.41. The molecular formula is C35H41N5O4. The summed E-state index contributed by atoms with van der Waals surface area (Å²) < 4.78 is 0. The molecule has 6 rings (SSSR count). The van der Waals surface area contributed by atoms with Crippen LogP contribution in [-0.2, 0) is 6.42 Å². The van der Waals surface area contributed by atoms with Crippen molar-refractivity contribution in [1.82, 2.24) is 9.80 Å². The van der Waals surface area contributed by atoms with Gasteiger partial charge in [0.05, 0.1) is 33.8 Å². The Morgan fingerprint density at radius 1 is 0.932 bits per heavy atom. The summed E-state index contributed by atoms with van der Waals surface area (Å²) in [6.45, 7) is 4.08. The van der Waals surface area contributed by atoms with E-state index in [2.05, 4.69) is 15.1 Å². The van der Waals surface area contributed by atoms with Crippen molar-refractivity contribution in [3.8, 4) is 0 Å². The highest BCUT2D eigenvalue weighted by Gasteiger charge is 2.36. The van der Waals surface area contributed by atoms with Crippen LogP contribution in [0, 0.1) is 0 Å². The number of ketones is 2. The largest absolute Gasteiger partial charge is 0.478 e. The molecule has 0 bridgehead atoms. The molecule has 3 aromatic carbocycles. The number of hydrogen-bond donors (Lipinski definition) is 3. The van der Waals surface area contributed by atoms with E-state index >= 15 is 0 Å². The van der Waals surface area contributed by atoms with Gasteiger partial charge in [-0.1, -0.05) is 43.5 Å². The second-order valence-electron chi connectivity index (χ2n) is 12.5. The van der Waals surface area contributed by atoms with Crippen LogP contribution in [0.5, 0.6) is 0 Å². The lowest BCUT2D eigenvalue weighted by molar-refractivity contribution is 0.0695. The van der Waals surface area contributed by atoms with Gasteiger partial charge in [-0.25, -0.2) is 4.79 Å². The molecule has 1 saturated heterocycles. The fourth-order valence-corrected chi connectivity index (χ4v) is 7.03. The van der Waals surface area contributed by atoms with Gasteiger partial charge in [-0.15, -0.1) is 0 Å². The van der Waals surface area contributed by atoms with Crippen LogP contribution in [0.25, 0.3) is 0 Å². The molecule has 44 heavy (non-hydrogen) atoms. The molecule has 4 N–H and O–H groups in total. The van der Waals surface area contributed by atoms with Gasteiger partial charge >= 0.3 is 5.97 Å². The summed E-state index contributed by atoms with van der Waals surface area (Å²) in [5.41, 5.74) is 11.1. The van der Waals surface area contributed by atoms with Gasteiger partial charge in [0.25, 0.3) is 0 Å². The summed E-state index contributed by atoms with van der Waals surface area (Å²) in [4.78, 5) is 46.7. The molecule has 9 nitrogen and oxygen atoms in total. The number of hydrogen-bond acceptors (Lipinski definition) is 8. The smallest absolute Gasteiger partial charge is 0.335 e. The number of aromatic carboxylic acids is 1. The van der Waals surface area contributed by atoms with E-state index in [4.69, 9.17) is 5.73 Å². The maximum Gasteiger partial charge on any atom is 0.335 e. The van der Waals surface area contributed by atoms with Gasteiger partial charge in [-0.3, -0.25) is 14.5 Å². The number of carbonyl (C=O) groups is 3. The van der Waals surface area contributed by atoms with Crippen LogP contribution in [0.2, 0.25) is 0 Å². The van der Waals surface area contributed by atoms with E-state index in [1.807, 2.05) is 31.1 Å². The van der Waals surface area contributed by atoms with Crippen LogP contribution in [-0.4, -0.2) is 85.3 Å². The first-order valence-electron chi connectivity index (χ1n) is 15.6. The van der Waals surface area contributed by atoms with Crippen molar-refractivity contribution in [3.05, 3.63) is 81.9 Å². The summed E-state index contributed by atoms with van der Waals surface area (Å²) in [6.07, 6.45) is 6.96. The molecule has 9 heteroatoms. The Kier molecular flexibility index (Phi) is 8.42. The first-order valence-corrected chi connectivity index (χ1v) is 15.6. The Hall–Kier alpha value is -4.21. The fourth-order valence-electron chi connectivity index (χ4n) is 7.03. The maximum atomic E-state index is 14.0. The Bertz CT molecular complexity index is 1600. The van der Waals surface area contributed by atoms with Crippen molar-refractivity contribution in [3.63, 3.8) is 0 Å². The lowest BCUT2D eigenvalue weighted by Gasteiger charge is -2.42. The summed E-state index contributed by atoms with van der Waals surface area (Å²) >= 11 is 0. The number of rotatable bonds is 8. The minimum atomic E-state index is -0.984. The minimum absolute atomic E-state index is 0.235. The minimum Gasteiger partial charge on any atom is -0.478 e. The van der Waals surface area contributed by atoms with Crippen molar-refractivity contribution in [2.45, 2.75) is 44.6 Å². The standard InChI is InChI=1S/C35H41N5O4/c1-38(2)15-14-22-20-23(12-13-25(22)35(43)44)37-28-21-29(40-18-16-39(17-19-40)24-8-4-3-5-9-24)32(36)31-30(28)33(41)26-10-6-7-11-27(26)34(31)42/h6-7,10-13,20-21,24,37H,3-5,8-9,14-19,36H2,1-2H3,(H,43,44). The number of nitrogens with two attached hydrogens (primary N) is 1. The van der Waals surface area contributed by atoms with E-state index in [0.717, 1.165) is 31.9 Å². The molecule has 0 amide bonds. The molecule has 0 spiro atoms. The summed E-state index contributed by atoms with van der Waals surface area (Å²) in [7, 11) is 3.89. The van der Waals surface area contributed by atoms with Gasteiger partial charge in [0.1, 0.15) is 0 Å². The van der Waals surface area contributed by atoms with Crippen LogP contribution in [0.1, 0.15) is 79.9 Å². The number of carbonyl (C=O) groups excluding carboxylic acids is 2. The second kappa shape index (κ2) is 12.4. The number of likely N-dealkylation sites (N-methyl/N-ethyl adjacent to an activating group) is 1. The normalized spacial score (nSPS) is 17.5. The van der Waals surface area contributed by atoms with Crippen LogP contribution < -0.4 is 16.0 Å². The summed E-state index contributed by atoms with van der Waals surface area (Å²) in [5, 5.41) is 13.2. The highest BCUT2D eigenvalue weighted by Crippen LogP contribution is 2.42. The molecule has 0 radical (unpaired) electrons. The number of piperazine rings is 1. The number of carboxylic acid groups (broad SMARTS) is 1. The zero-order valence-corrected chi connectivity index (χ0v) is 25.6. The quantitative estimate of drug-likeness (QED) is 0.241. The molecule has 2 fully saturated rings. The Balaban J connectivity index is 1.39. The predicted molar refractivity (Wildman–Crippen MR) is 174 cm³/mol. The van der Waals surface area contributed by atoms with Crippen LogP contribution >= 0.6 is 0 Å². The van der Waals surface area contributed by atoms with Gasteiger partial charge in [0.2, 0.25) is 0 Å². The summed E-state index contributed by atoms with van der Waals surface area (Å²) in [5.74, 6) is -1.50. The van der Waals surface area contributed by atoms with Crippen molar-refractivity contribution >= 4 is 40.3 Å². The third-order valence-corrected chi connectivity index (χ3v) is 9.41. The van der Waals surface area contributed by atoms with Crippen LogP contribution in [0.4, 0.5) is 22.7 Å². The molecule has 0 unspecified atom stereocenters. The zero-order valence-electron chi connectivity index (χ0n) is 25.6. The van der Waals surface area contributed by atoms with Gasteiger partial charge in [0, 0.05) is 55.6 Å². The average Bonchev–Trinajstić information content (AvgIpc) is 3.03. The topological polar surface area (TPSA) is 119 Å². The molecule has 1 saturated carbocycles. The van der Waals surface area contributed by atoms with Crippen molar-refractivity contribution in [2.24, 2.45) is 0 Å². The Morgan fingerprint density at radius 2 is 1.59 bits per heavy atom. The Morgan fingerprint density at radius 3 is 2.23 bits per heavy atom. The van der Waals surface area contributed by atoms with Crippen molar-refractivity contribution < 1.29 is 19.5 Å². The average molecular weight is 596 g/mol. The van der Waals surface area contributed by atoms with E-state index in [9.17, 15) is 19.5 Å². The number of anilines is 4. The number of benzene rings is 3. The van der Waals surface area contributed by atoms with Crippen molar-refractivity contribution in [2.75, 3.05) is 62.8 Å². The lowest BCUT2D eigenvalue weighted by atomic mass is 9.81. The molecular weight excluding hydrogens is 554 g/mol. The lowest BCUT2D eigenvalue weighted by Crippen LogP contribution is -2.51. The number of carboxylic acids is 1. The molecule has 230 valence electrons. The maximum absolute atomic E-state index is 14.0. The highest BCUT2D eigenvalue weighted by atomic mass is 16.4. The Labute approximate surface area is 258 Å². The monoisotopic (exact) mass is 595 g/mol. The first kappa shape index (κ1) is 29.8. The van der Waals surface area contributed by atoms with E-state index in [-0.39, 0.29) is 28.3 Å². The van der Waals surface area contributed by atoms with E-state index in [0.29, 0.717) is 52.8 Å². The third kappa shape index (κ3) is 5.69. The number of nitrogens with one attached hydrogen (secondary N) is 1. The highest BCUT2D eigenvalue weighted by molar-refractivity contribution is 6.32. The van der Waals surface area contributed by atoms with E-state index in [1.54, 1.807) is 36.4 Å². The zero-order chi connectivity index (χ0) is 31.0. The molecule has 0 aromatic heterocycles. The molecule has 3 aliphatic rings. The number of nitrogen functional groups attached to an aromatic ring is 1. The second-order valence-corrected chi connectivity index (χ2v) is 12.5. The molecule has 3 aromatic rings. The molecule has 2 aliphatic carbocycles. The predicted octanol–water partition coefficient (Wildman–Crippen LogP) is 5.04. The summed E-state index contributed by atoms with van der Waals surface area (Å²) in [6, 6.07) is 14.5. The first-order chi connectivity index (χ1) is 21.2. The van der Waals surface area contributed by atoms with Gasteiger partial charge in [0.15, 0.2) is 11.6 Å². The van der Waals surface area contributed by atoms with Gasteiger partial charge in [-0.2, -0.15) is 0 Å². The van der Waals surface area contributed by atoms with Crippen LogP contribution in [0.15, 0.2) is 48.5 Å². The molecule has 1 heterocycles. The van der Waals surface area contributed by atoms with Crippen LogP contribution in [0.3, 0.4) is 0 Å². The number of nitrogens with zero attached hydrogens (tertiary/aromatic N) is 3. The fraction of sp³-hybridized carbons (Fsp3) is 0.400. The van der Waals surface area contributed by atoms with Gasteiger partial charge < -0.3 is 26.0 Å². The SMILES string of the molecule is CN(C)CCc1cc(Nc2cc(N3CCN(C4CCCCC4)CC3)c(N)c3c2C(=O)c2ccccc2C3=O)ccc1C(=O)O. The van der Waals surface area contributed by atoms with Crippen molar-refractivity contribution in [1.29, 1.82) is 0 Å². The van der Waals surface area contributed by atoms with Gasteiger partial charge in [-0.05, 0) is 63.2 Å². The molecule has 0 atom stereocenters. The van der Waals surface area contributed by atoms with E-state index < -0.39 is 5.97 Å².